The molecule has 1 aromatic heterocycles. The molecule has 2 N–H and O–H groups in total. The Kier molecular flexibility index (Phi) is 3.42. The van der Waals surface area contributed by atoms with Gasteiger partial charge >= 0.3 is 0 Å². The van der Waals surface area contributed by atoms with Crippen LogP contribution in [-0.4, -0.2) is 14.8 Å². The van der Waals surface area contributed by atoms with E-state index in [2.05, 4.69) is 35.5 Å². The van der Waals surface area contributed by atoms with Crippen LogP contribution in [0.15, 0.2) is 0 Å². The van der Waals surface area contributed by atoms with E-state index in [9.17, 15) is 0 Å². The van der Waals surface area contributed by atoms with E-state index in [1.165, 1.54) is 0 Å². The zero-order valence-electron chi connectivity index (χ0n) is 8.62. The van der Waals surface area contributed by atoms with Crippen LogP contribution in [0.5, 0.6) is 0 Å². The van der Waals surface area contributed by atoms with Gasteiger partial charge in [0.1, 0.15) is 11.6 Å². The molecule has 0 atom stereocenters. The molecule has 0 spiro atoms. The highest BCUT2D eigenvalue weighted by Gasteiger charge is 2.09. The molecule has 74 valence electrons. The molecule has 0 saturated carbocycles. The molecule has 4 heteroatoms. The van der Waals surface area contributed by atoms with Gasteiger partial charge in [-0.1, -0.05) is 13.8 Å². The normalized spacial score (nSPS) is 11.2. The van der Waals surface area contributed by atoms with Crippen LogP contribution in [0.4, 0.5) is 0 Å². The fourth-order valence-electron chi connectivity index (χ4n) is 1.40. The summed E-state index contributed by atoms with van der Waals surface area (Å²) in [5, 5.41) is 8.18. The number of nitrogens with two attached hydrogens (primary N) is 1. The first-order chi connectivity index (χ1) is 6.19. The Bertz CT molecular complexity index is 265. The zero-order valence-corrected chi connectivity index (χ0v) is 8.62. The molecular formula is C9H18N4. The molecule has 0 amide bonds. The van der Waals surface area contributed by atoms with Crippen molar-refractivity contribution in [2.45, 2.75) is 40.3 Å². The number of nitrogens with zero attached hydrogens (tertiary/aromatic N) is 3. The second-order valence-corrected chi connectivity index (χ2v) is 3.58. The molecule has 0 aliphatic heterocycles. The highest BCUT2D eigenvalue weighted by Crippen LogP contribution is 2.07. The maximum Gasteiger partial charge on any atom is 0.146 e. The molecular weight excluding hydrogens is 164 g/mol. The first kappa shape index (κ1) is 10.2. The van der Waals surface area contributed by atoms with E-state index < -0.39 is 0 Å². The summed E-state index contributed by atoms with van der Waals surface area (Å²) in [5.41, 5.74) is 5.55. The lowest BCUT2D eigenvalue weighted by atomic mass is 10.1. The summed E-state index contributed by atoms with van der Waals surface area (Å²) < 4.78 is 2.10. The molecule has 13 heavy (non-hydrogen) atoms. The van der Waals surface area contributed by atoms with Gasteiger partial charge in [0, 0.05) is 13.0 Å². The van der Waals surface area contributed by atoms with Gasteiger partial charge in [0.05, 0.1) is 6.54 Å². The SMILES string of the molecule is CCn1c(CN)nnc1CC(C)C. The maximum atomic E-state index is 5.55. The van der Waals surface area contributed by atoms with Gasteiger partial charge in [-0.2, -0.15) is 0 Å². The Balaban J connectivity index is 2.87. The van der Waals surface area contributed by atoms with Gasteiger partial charge in [-0.3, -0.25) is 0 Å². The lowest BCUT2D eigenvalue weighted by molar-refractivity contribution is 0.574. The van der Waals surface area contributed by atoms with Crippen molar-refractivity contribution < 1.29 is 0 Å². The van der Waals surface area contributed by atoms with Crippen LogP contribution < -0.4 is 5.73 Å². The molecule has 0 saturated heterocycles. The highest BCUT2D eigenvalue weighted by molar-refractivity contribution is 4.96. The average Bonchev–Trinajstić information content (AvgIpc) is 2.45. The van der Waals surface area contributed by atoms with E-state index in [0.717, 1.165) is 24.6 Å². The molecule has 1 heterocycles. The van der Waals surface area contributed by atoms with Crippen LogP contribution in [-0.2, 0) is 19.5 Å². The van der Waals surface area contributed by atoms with Crippen LogP contribution in [0.3, 0.4) is 0 Å². The number of hydrogen-bond donors (Lipinski definition) is 1. The number of hydrogen-bond acceptors (Lipinski definition) is 3. The van der Waals surface area contributed by atoms with Crippen molar-refractivity contribution in [2.24, 2.45) is 11.7 Å². The monoisotopic (exact) mass is 182 g/mol. The lowest BCUT2D eigenvalue weighted by Gasteiger charge is -2.07. The van der Waals surface area contributed by atoms with Crippen molar-refractivity contribution in [3.8, 4) is 0 Å². The Labute approximate surface area is 79.2 Å². The zero-order chi connectivity index (χ0) is 9.84. The summed E-state index contributed by atoms with van der Waals surface area (Å²) >= 11 is 0. The molecule has 1 rings (SSSR count). The summed E-state index contributed by atoms with van der Waals surface area (Å²) in [6.45, 7) is 7.82. The standard InChI is InChI=1S/C9H18N4/c1-4-13-8(5-7(2)3)11-12-9(13)6-10/h7H,4-6,10H2,1-3H3. The van der Waals surface area contributed by atoms with Crippen molar-refractivity contribution in [3.05, 3.63) is 11.6 Å². The van der Waals surface area contributed by atoms with E-state index in [1.54, 1.807) is 0 Å². The quantitative estimate of drug-likeness (QED) is 0.754. The minimum atomic E-state index is 0.471. The molecule has 0 radical (unpaired) electrons. The first-order valence-corrected chi connectivity index (χ1v) is 4.80. The molecule has 0 aliphatic rings. The molecule has 0 aliphatic carbocycles. The first-order valence-electron chi connectivity index (χ1n) is 4.80. The van der Waals surface area contributed by atoms with Crippen LogP contribution in [0, 0.1) is 5.92 Å². The number of aromatic nitrogens is 3. The van der Waals surface area contributed by atoms with Crippen LogP contribution in [0.25, 0.3) is 0 Å². The third-order valence-corrected chi connectivity index (χ3v) is 1.99. The van der Waals surface area contributed by atoms with Crippen molar-refractivity contribution >= 4 is 0 Å². The summed E-state index contributed by atoms with van der Waals surface area (Å²) in [6.07, 6.45) is 0.973. The summed E-state index contributed by atoms with van der Waals surface area (Å²) in [7, 11) is 0. The van der Waals surface area contributed by atoms with Gasteiger partial charge in [-0.15, -0.1) is 10.2 Å². The Morgan fingerprint density at radius 3 is 2.38 bits per heavy atom. The van der Waals surface area contributed by atoms with E-state index in [-0.39, 0.29) is 0 Å². The van der Waals surface area contributed by atoms with Gasteiger partial charge in [-0.25, -0.2) is 0 Å². The second kappa shape index (κ2) is 4.37. The molecule has 0 aromatic carbocycles. The van der Waals surface area contributed by atoms with Gasteiger partial charge < -0.3 is 10.3 Å². The van der Waals surface area contributed by atoms with E-state index in [0.29, 0.717) is 12.5 Å². The Morgan fingerprint density at radius 1 is 1.31 bits per heavy atom. The van der Waals surface area contributed by atoms with Gasteiger partial charge in [-0.05, 0) is 12.8 Å². The lowest BCUT2D eigenvalue weighted by Crippen LogP contribution is -2.11. The molecule has 0 bridgehead atoms. The molecule has 4 nitrogen and oxygen atoms in total. The van der Waals surface area contributed by atoms with Crippen LogP contribution in [0.1, 0.15) is 32.4 Å². The van der Waals surface area contributed by atoms with Gasteiger partial charge in [0.25, 0.3) is 0 Å². The highest BCUT2D eigenvalue weighted by atomic mass is 15.3. The summed E-state index contributed by atoms with van der Waals surface area (Å²) in [6, 6.07) is 0. The van der Waals surface area contributed by atoms with Crippen LogP contribution in [0.2, 0.25) is 0 Å². The van der Waals surface area contributed by atoms with Crippen molar-refractivity contribution in [1.82, 2.24) is 14.8 Å². The smallest absolute Gasteiger partial charge is 0.146 e. The number of rotatable bonds is 4. The van der Waals surface area contributed by atoms with Crippen molar-refractivity contribution in [3.63, 3.8) is 0 Å². The predicted octanol–water partition coefficient (Wildman–Crippen LogP) is 0.955. The summed E-state index contributed by atoms with van der Waals surface area (Å²) in [5.74, 6) is 2.55. The minimum absolute atomic E-state index is 0.471. The van der Waals surface area contributed by atoms with Crippen molar-refractivity contribution in [1.29, 1.82) is 0 Å². The van der Waals surface area contributed by atoms with E-state index in [1.807, 2.05) is 0 Å². The van der Waals surface area contributed by atoms with E-state index in [4.69, 9.17) is 5.73 Å². The topological polar surface area (TPSA) is 56.7 Å². The largest absolute Gasteiger partial charge is 0.324 e. The van der Waals surface area contributed by atoms with Crippen molar-refractivity contribution in [2.75, 3.05) is 0 Å². The fraction of sp³-hybridized carbons (Fsp3) is 0.778. The Morgan fingerprint density at radius 2 is 1.92 bits per heavy atom. The van der Waals surface area contributed by atoms with Gasteiger partial charge in [0.15, 0.2) is 0 Å². The molecule has 0 unspecified atom stereocenters. The van der Waals surface area contributed by atoms with Crippen LogP contribution >= 0.6 is 0 Å². The average molecular weight is 182 g/mol. The Hall–Kier alpha value is -0.900. The molecule has 0 fully saturated rings. The minimum Gasteiger partial charge on any atom is -0.324 e. The fourth-order valence-corrected chi connectivity index (χ4v) is 1.40. The maximum absolute atomic E-state index is 5.55. The second-order valence-electron chi connectivity index (χ2n) is 3.58. The summed E-state index contributed by atoms with van der Waals surface area (Å²) in [4.78, 5) is 0. The third-order valence-electron chi connectivity index (χ3n) is 1.99. The van der Waals surface area contributed by atoms with Gasteiger partial charge in [0.2, 0.25) is 0 Å². The van der Waals surface area contributed by atoms with E-state index >= 15 is 0 Å². The predicted molar refractivity (Wildman–Crippen MR) is 52.1 cm³/mol. The third kappa shape index (κ3) is 2.28. The molecule has 1 aromatic rings.